The Balaban J connectivity index is 2.25. The fourth-order valence-corrected chi connectivity index (χ4v) is 2.14. The molecule has 0 bridgehead atoms. The molecule has 1 aromatic carbocycles. The van der Waals surface area contributed by atoms with E-state index in [1.165, 1.54) is 30.6 Å². The predicted molar refractivity (Wildman–Crippen MR) is 67.1 cm³/mol. The third kappa shape index (κ3) is 4.19. The summed E-state index contributed by atoms with van der Waals surface area (Å²) in [6, 6.07) is 10.8. The van der Waals surface area contributed by atoms with Crippen LogP contribution in [0.2, 0.25) is 0 Å². The van der Waals surface area contributed by atoms with Gasteiger partial charge in [-0.3, -0.25) is 0 Å². The monoisotopic (exact) mass is 208 g/mol. The van der Waals surface area contributed by atoms with Gasteiger partial charge >= 0.3 is 0 Å². The van der Waals surface area contributed by atoms with Crippen LogP contribution < -0.4 is 0 Å². The highest BCUT2D eigenvalue weighted by Crippen LogP contribution is 2.21. The van der Waals surface area contributed by atoms with Gasteiger partial charge in [-0.25, -0.2) is 0 Å². The summed E-state index contributed by atoms with van der Waals surface area (Å²) in [6.07, 6.45) is 6.22. The molecule has 0 heterocycles. The van der Waals surface area contributed by atoms with Crippen LogP contribution in [-0.2, 0) is 0 Å². The predicted octanol–water partition coefficient (Wildman–Crippen LogP) is 4.32. The molecule has 0 fully saturated rings. The van der Waals surface area contributed by atoms with Gasteiger partial charge in [0, 0.05) is 0 Å². The van der Waals surface area contributed by atoms with Crippen molar-refractivity contribution in [2.24, 2.45) is 0 Å². The van der Waals surface area contributed by atoms with Crippen molar-refractivity contribution < 1.29 is 0 Å². The van der Waals surface area contributed by atoms with Crippen molar-refractivity contribution in [3.8, 4) is 0 Å². The van der Waals surface area contributed by atoms with E-state index >= 15 is 0 Å². The summed E-state index contributed by atoms with van der Waals surface area (Å²) in [6.45, 7) is 2.33. The molecule has 0 radical (unpaired) electrons. The Morgan fingerprint density at radius 2 is 1.86 bits per heavy atom. The van der Waals surface area contributed by atoms with E-state index in [9.17, 15) is 0 Å². The zero-order chi connectivity index (χ0) is 10.2. The van der Waals surface area contributed by atoms with Gasteiger partial charge in [0.25, 0.3) is 0 Å². The van der Waals surface area contributed by atoms with E-state index in [1.54, 1.807) is 0 Å². The molecule has 0 aromatic heterocycles. The summed E-state index contributed by atoms with van der Waals surface area (Å²) in [5.74, 6) is 2.03. The van der Waals surface area contributed by atoms with E-state index in [4.69, 9.17) is 0 Å². The highest BCUT2D eigenvalue weighted by molar-refractivity contribution is 7.98. The molecule has 1 heteroatoms. The van der Waals surface area contributed by atoms with Crippen LogP contribution in [-0.4, -0.2) is 12.0 Å². The normalized spacial score (nSPS) is 12.7. The molecule has 1 aromatic rings. The number of benzene rings is 1. The van der Waals surface area contributed by atoms with Crippen molar-refractivity contribution in [2.75, 3.05) is 12.0 Å². The van der Waals surface area contributed by atoms with E-state index in [0.29, 0.717) is 0 Å². The number of hydrogen-bond acceptors (Lipinski definition) is 1. The summed E-state index contributed by atoms with van der Waals surface area (Å²) in [4.78, 5) is 0. The Kier molecular flexibility index (Phi) is 5.77. The molecule has 0 aliphatic rings. The van der Waals surface area contributed by atoms with Gasteiger partial charge in [0.15, 0.2) is 0 Å². The first-order chi connectivity index (χ1) is 6.84. The summed E-state index contributed by atoms with van der Waals surface area (Å²) < 4.78 is 0. The molecule has 78 valence electrons. The molecule has 14 heavy (non-hydrogen) atoms. The average molecular weight is 208 g/mol. The third-order valence-electron chi connectivity index (χ3n) is 2.60. The average Bonchev–Trinajstić information content (AvgIpc) is 2.25. The number of unbranched alkanes of at least 4 members (excludes halogenated alkanes) is 1. The Morgan fingerprint density at radius 3 is 2.50 bits per heavy atom. The van der Waals surface area contributed by atoms with E-state index in [0.717, 1.165) is 5.92 Å². The van der Waals surface area contributed by atoms with E-state index in [-0.39, 0.29) is 0 Å². The first-order valence-corrected chi connectivity index (χ1v) is 6.78. The van der Waals surface area contributed by atoms with E-state index < -0.39 is 0 Å². The van der Waals surface area contributed by atoms with Crippen LogP contribution in [0.4, 0.5) is 0 Å². The van der Waals surface area contributed by atoms with Crippen molar-refractivity contribution in [1.29, 1.82) is 0 Å². The largest absolute Gasteiger partial charge is 0.165 e. The molecule has 0 N–H and O–H groups in total. The molecule has 0 amide bonds. The van der Waals surface area contributed by atoms with Crippen molar-refractivity contribution >= 4 is 11.8 Å². The standard InChI is InChI=1S/C13H20S/c1-12(8-6-7-11-14-2)13-9-4-3-5-10-13/h3-5,9-10,12H,6-8,11H2,1-2H3. The maximum absolute atomic E-state index is 2.33. The molecule has 0 nitrogen and oxygen atoms in total. The van der Waals surface area contributed by atoms with Crippen LogP contribution >= 0.6 is 11.8 Å². The quantitative estimate of drug-likeness (QED) is 0.627. The lowest BCUT2D eigenvalue weighted by molar-refractivity contribution is 0.627. The molecule has 0 saturated carbocycles. The maximum atomic E-state index is 2.33. The Morgan fingerprint density at radius 1 is 1.14 bits per heavy atom. The molecule has 0 saturated heterocycles. The zero-order valence-electron chi connectivity index (χ0n) is 9.20. The van der Waals surface area contributed by atoms with Crippen molar-refractivity contribution in [1.82, 2.24) is 0 Å². The van der Waals surface area contributed by atoms with Gasteiger partial charge in [0.05, 0.1) is 0 Å². The second-order valence-electron chi connectivity index (χ2n) is 3.80. The van der Waals surface area contributed by atoms with Gasteiger partial charge in [-0.1, -0.05) is 43.7 Å². The van der Waals surface area contributed by atoms with Crippen LogP contribution in [0.5, 0.6) is 0 Å². The van der Waals surface area contributed by atoms with Crippen LogP contribution in [0, 0.1) is 0 Å². The second-order valence-corrected chi connectivity index (χ2v) is 4.79. The van der Waals surface area contributed by atoms with Gasteiger partial charge < -0.3 is 0 Å². The maximum Gasteiger partial charge on any atom is -0.00703 e. The van der Waals surface area contributed by atoms with Crippen LogP contribution in [0.3, 0.4) is 0 Å². The Labute approximate surface area is 92.1 Å². The molecule has 1 unspecified atom stereocenters. The molecule has 0 aliphatic carbocycles. The molecule has 1 atom stereocenters. The van der Waals surface area contributed by atoms with E-state index in [2.05, 4.69) is 43.5 Å². The fraction of sp³-hybridized carbons (Fsp3) is 0.538. The summed E-state index contributed by atoms with van der Waals surface area (Å²) in [7, 11) is 0. The number of rotatable bonds is 6. The van der Waals surface area contributed by atoms with Crippen LogP contribution in [0.25, 0.3) is 0 Å². The minimum atomic E-state index is 0.720. The highest BCUT2D eigenvalue weighted by Gasteiger charge is 2.03. The van der Waals surface area contributed by atoms with Gasteiger partial charge in [0.2, 0.25) is 0 Å². The second kappa shape index (κ2) is 6.94. The molecule has 0 spiro atoms. The summed E-state index contributed by atoms with van der Waals surface area (Å²) in [5.41, 5.74) is 1.48. The molecular formula is C13H20S. The minimum absolute atomic E-state index is 0.720. The molecule has 1 rings (SSSR count). The Hall–Kier alpha value is -0.430. The van der Waals surface area contributed by atoms with Crippen molar-refractivity contribution in [3.63, 3.8) is 0 Å². The lowest BCUT2D eigenvalue weighted by Gasteiger charge is -2.10. The fourth-order valence-electron chi connectivity index (χ4n) is 1.65. The molecular weight excluding hydrogens is 188 g/mol. The van der Waals surface area contributed by atoms with E-state index in [1.807, 2.05) is 11.8 Å². The SMILES string of the molecule is CSCCCCC(C)c1ccccc1. The molecule has 0 aliphatic heterocycles. The first kappa shape index (κ1) is 11.6. The highest BCUT2D eigenvalue weighted by atomic mass is 32.2. The number of thioether (sulfide) groups is 1. The van der Waals surface area contributed by atoms with Gasteiger partial charge in [-0.05, 0) is 36.3 Å². The lowest BCUT2D eigenvalue weighted by Crippen LogP contribution is -1.93. The van der Waals surface area contributed by atoms with Crippen LogP contribution in [0.1, 0.15) is 37.7 Å². The van der Waals surface area contributed by atoms with Gasteiger partial charge in [-0.15, -0.1) is 0 Å². The minimum Gasteiger partial charge on any atom is -0.165 e. The topological polar surface area (TPSA) is 0 Å². The summed E-state index contributed by atoms with van der Waals surface area (Å²) >= 11 is 1.95. The Bertz CT molecular complexity index is 230. The van der Waals surface area contributed by atoms with Crippen molar-refractivity contribution in [3.05, 3.63) is 35.9 Å². The van der Waals surface area contributed by atoms with Crippen LogP contribution in [0.15, 0.2) is 30.3 Å². The number of hydrogen-bond donors (Lipinski definition) is 0. The lowest BCUT2D eigenvalue weighted by atomic mass is 9.96. The zero-order valence-corrected chi connectivity index (χ0v) is 10.0. The first-order valence-electron chi connectivity index (χ1n) is 5.38. The third-order valence-corrected chi connectivity index (χ3v) is 3.30. The smallest absolute Gasteiger partial charge is 0.00703 e. The van der Waals surface area contributed by atoms with Crippen molar-refractivity contribution in [2.45, 2.75) is 32.1 Å². The van der Waals surface area contributed by atoms with Gasteiger partial charge in [0.1, 0.15) is 0 Å². The summed E-state index contributed by atoms with van der Waals surface area (Å²) in [5, 5.41) is 0. The van der Waals surface area contributed by atoms with Gasteiger partial charge in [-0.2, -0.15) is 11.8 Å².